The second-order valence-corrected chi connectivity index (χ2v) is 6.76. The second-order valence-electron chi connectivity index (χ2n) is 6.76. The van der Waals surface area contributed by atoms with E-state index in [-0.39, 0.29) is 6.09 Å². The number of nitrogens with one attached hydrogen (secondary N) is 1. The van der Waals surface area contributed by atoms with Crippen molar-refractivity contribution in [1.29, 1.82) is 0 Å². The molecule has 5 heteroatoms. The second kappa shape index (κ2) is 5.67. The lowest BCUT2D eigenvalue weighted by atomic mass is 9.77. The molecule has 19 heavy (non-hydrogen) atoms. The van der Waals surface area contributed by atoms with Crippen LogP contribution < -0.4 is 5.32 Å². The molecule has 0 atom stereocenters. The van der Waals surface area contributed by atoms with Crippen LogP contribution >= 0.6 is 0 Å². The van der Waals surface area contributed by atoms with Crippen molar-refractivity contribution in [3.63, 3.8) is 0 Å². The van der Waals surface area contributed by atoms with Crippen molar-refractivity contribution in [1.82, 2.24) is 10.2 Å². The maximum atomic E-state index is 11.5. The zero-order chi connectivity index (χ0) is 13.9. The number of likely N-dealkylation sites (tertiary alicyclic amines) is 1. The standard InChI is InChI=1S/C14H26N2O3/c1-13(2,3)19-12(17)15-6-9-16-7-4-14(5-8-16)10-18-11-14/h4-11H2,1-3H3,(H,15,17). The summed E-state index contributed by atoms with van der Waals surface area (Å²) in [6, 6.07) is 0. The third kappa shape index (κ3) is 4.35. The van der Waals surface area contributed by atoms with Gasteiger partial charge in [0.1, 0.15) is 5.60 Å². The van der Waals surface area contributed by atoms with Gasteiger partial charge in [-0.2, -0.15) is 0 Å². The number of alkyl carbamates (subject to hydrolysis) is 1. The molecule has 2 heterocycles. The molecule has 2 fully saturated rings. The summed E-state index contributed by atoms with van der Waals surface area (Å²) >= 11 is 0. The van der Waals surface area contributed by atoms with Crippen molar-refractivity contribution < 1.29 is 14.3 Å². The Morgan fingerprint density at radius 1 is 1.32 bits per heavy atom. The van der Waals surface area contributed by atoms with Crippen LogP contribution in [-0.4, -0.2) is 56.0 Å². The highest BCUT2D eigenvalue weighted by atomic mass is 16.6. The van der Waals surface area contributed by atoms with Crippen LogP contribution in [0.25, 0.3) is 0 Å². The number of hydrogen-bond donors (Lipinski definition) is 1. The normalized spacial score (nSPS) is 22.9. The molecule has 0 unspecified atom stereocenters. The van der Waals surface area contributed by atoms with Crippen molar-refractivity contribution in [2.45, 2.75) is 39.2 Å². The maximum absolute atomic E-state index is 11.5. The van der Waals surface area contributed by atoms with E-state index in [4.69, 9.17) is 9.47 Å². The van der Waals surface area contributed by atoms with Crippen molar-refractivity contribution in [2.75, 3.05) is 39.4 Å². The monoisotopic (exact) mass is 270 g/mol. The predicted molar refractivity (Wildman–Crippen MR) is 73.2 cm³/mol. The van der Waals surface area contributed by atoms with Gasteiger partial charge in [0, 0.05) is 18.5 Å². The smallest absolute Gasteiger partial charge is 0.407 e. The topological polar surface area (TPSA) is 50.8 Å². The number of rotatable bonds is 3. The Morgan fingerprint density at radius 3 is 2.42 bits per heavy atom. The van der Waals surface area contributed by atoms with Crippen LogP contribution in [0, 0.1) is 5.41 Å². The van der Waals surface area contributed by atoms with Crippen LogP contribution in [0.15, 0.2) is 0 Å². The molecule has 0 aromatic heterocycles. The van der Waals surface area contributed by atoms with E-state index in [0.29, 0.717) is 12.0 Å². The minimum absolute atomic E-state index is 0.326. The lowest BCUT2D eigenvalue weighted by Crippen LogP contribution is -2.51. The fraction of sp³-hybridized carbons (Fsp3) is 0.929. The van der Waals surface area contributed by atoms with Crippen LogP contribution in [0.3, 0.4) is 0 Å². The molecule has 0 aliphatic carbocycles. The number of carbonyl (C=O) groups is 1. The predicted octanol–water partition coefficient (Wildman–Crippen LogP) is 1.62. The molecule has 0 radical (unpaired) electrons. The van der Waals surface area contributed by atoms with Crippen LogP contribution in [0.1, 0.15) is 33.6 Å². The summed E-state index contributed by atoms with van der Waals surface area (Å²) in [7, 11) is 0. The fourth-order valence-corrected chi connectivity index (χ4v) is 2.56. The Bertz CT molecular complexity index is 311. The summed E-state index contributed by atoms with van der Waals surface area (Å²) in [4.78, 5) is 13.9. The molecule has 1 N–H and O–H groups in total. The zero-order valence-electron chi connectivity index (χ0n) is 12.3. The quantitative estimate of drug-likeness (QED) is 0.847. The van der Waals surface area contributed by atoms with E-state index in [2.05, 4.69) is 10.2 Å². The van der Waals surface area contributed by atoms with Crippen molar-refractivity contribution in [3.05, 3.63) is 0 Å². The third-order valence-electron chi connectivity index (χ3n) is 3.83. The van der Waals surface area contributed by atoms with Gasteiger partial charge in [0.25, 0.3) is 0 Å². The molecule has 5 nitrogen and oxygen atoms in total. The van der Waals surface area contributed by atoms with Gasteiger partial charge in [-0.15, -0.1) is 0 Å². The van der Waals surface area contributed by atoms with Gasteiger partial charge in [-0.05, 0) is 46.7 Å². The highest BCUT2D eigenvalue weighted by molar-refractivity contribution is 5.67. The summed E-state index contributed by atoms with van der Waals surface area (Å²) in [6.07, 6.45) is 2.12. The van der Waals surface area contributed by atoms with Gasteiger partial charge >= 0.3 is 6.09 Å². The van der Waals surface area contributed by atoms with Crippen molar-refractivity contribution in [3.8, 4) is 0 Å². The summed E-state index contributed by atoms with van der Waals surface area (Å²) in [5, 5.41) is 2.81. The van der Waals surface area contributed by atoms with E-state index in [1.165, 1.54) is 12.8 Å². The molecule has 2 saturated heterocycles. The van der Waals surface area contributed by atoms with Crippen LogP contribution in [0.5, 0.6) is 0 Å². The maximum Gasteiger partial charge on any atom is 0.407 e. The van der Waals surface area contributed by atoms with Crippen LogP contribution in [0.4, 0.5) is 4.79 Å². The van der Waals surface area contributed by atoms with Crippen molar-refractivity contribution in [2.24, 2.45) is 5.41 Å². The lowest BCUT2D eigenvalue weighted by Gasteiger charge is -2.47. The summed E-state index contributed by atoms with van der Waals surface area (Å²) in [5.41, 5.74) is 0.0565. The Morgan fingerprint density at radius 2 is 1.95 bits per heavy atom. The van der Waals surface area contributed by atoms with E-state index in [1.807, 2.05) is 20.8 Å². The summed E-state index contributed by atoms with van der Waals surface area (Å²) in [6.45, 7) is 11.3. The molecular formula is C14H26N2O3. The molecule has 0 aromatic rings. The van der Waals surface area contributed by atoms with E-state index >= 15 is 0 Å². The van der Waals surface area contributed by atoms with E-state index in [9.17, 15) is 4.79 Å². The molecule has 2 aliphatic rings. The van der Waals surface area contributed by atoms with Crippen LogP contribution in [0.2, 0.25) is 0 Å². The first-order chi connectivity index (χ1) is 8.89. The van der Waals surface area contributed by atoms with E-state index < -0.39 is 5.60 Å². The fourth-order valence-electron chi connectivity index (χ4n) is 2.56. The molecule has 0 bridgehead atoms. The zero-order valence-corrected chi connectivity index (χ0v) is 12.3. The van der Waals surface area contributed by atoms with Gasteiger partial charge < -0.3 is 19.7 Å². The Labute approximate surface area is 115 Å². The number of nitrogens with zero attached hydrogens (tertiary/aromatic N) is 1. The number of amides is 1. The van der Waals surface area contributed by atoms with E-state index in [0.717, 1.165) is 32.8 Å². The summed E-state index contributed by atoms with van der Waals surface area (Å²) in [5.74, 6) is 0. The number of carbonyl (C=O) groups excluding carboxylic acids is 1. The third-order valence-corrected chi connectivity index (χ3v) is 3.83. The first-order valence-corrected chi connectivity index (χ1v) is 7.16. The van der Waals surface area contributed by atoms with Gasteiger partial charge in [-0.25, -0.2) is 4.79 Å². The molecule has 2 aliphatic heterocycles. The SMILES string of the molecule is CC(C)(C)OC(=O)NCCN1CCC2(CC1)COC2. The Hall–Kier alpha value is -0.810. The van der Waals surface area contributed by atoms with Crippen molar-refractivity contribution >= 4 is 6.09 Å². The van der Waals surface area contributed by atoms with Gasteiger partial charge in [0.05, 0.1) is 13.2 Å². The number of ether oxygens (including phenoxy) is 2. The van der Waals surface area contributed by atoms with Gasteiger partial charge in [0.2, 0.25) is 0 Å². The highest BCUT2D eigenvalue weighted by Gasteiger charge is 2.40. The first kappa shape index (κ1) is 14.6. The minimum Gasteiger partial charge on any atom is -0.444 e. The van der Waals surface area contributed by atoms with Gasteiger partial charge in [-0.1, -0.05) is 0 Å². The molecule has 0 aromatic carbocycles. The lowest BCUT2D eigenvalue weighted by molar-refractivity contribution is -0.139. The highest BCUT2D eigenvalue weighted by Crippen LogP contribution is 2.38. The number of piperidine rings is 1. The molecule has 2 rings (SSSR count). The summed E-state index contributed by atoms with van der Waals surface area (Å²) < 4.78 is 10.5. The average Bonchev–Trinajstić information content (AvgIpc) is 2.25. The average molecular weight is 270 g/mol. The molecular weight excluding hydrogens is 244 g/mol. The Balaban J connectivity index is 1.58. The van der Waals surface area contributed by atoms with Crippen LogP contribution in [-0.2, 0) is 9.47 Å². The molecule has 1 amide bonds. The molecule has 110 valence electrons. The largest absolute Gasteiger partial charge is 0.444 e. The molecule has 1 spiro atoms. The Kier molecular flexibility index (Phi) is 4.36. The molecule has 0 saturated carbocycles. The van der Waals surface area contributed by atoms with E-state index in [1.54, 1.807) is 0 Å². The number of hydrogen-bond acceptors (Lipinski definition) is 4. The van der Waals surface area contributed by atoms with Gasteiger partial charge in [0.15, 0.2) is 0 Å². The van der Waals surface area contributed by atoms with Gasteiger partial charge in [-0.3, -0.25) is 0 Å². The minimum atomic E-state index is -0.425. The first-order valence-electron chi connectivity index (χ1n) is 7.16.